The normalized spacial score (nSPS) is 7.77. The summed E-state index contributed by atoms with van der Waals surface area (Å²) in [6, 6.07) is 2.78. The fourth-order valence-corrected chi connectivity index (χ4v) is 0.601. The average Bonchev–Trinajstić information content (AvgIpc) is 2.05. The van der Waals surface area contributed by atoms with E-state index in [1.54, 1.807) is 0 Å². The van der Waals surface area contributed by atoms with Crippen LogP contribution in [0.3, 0.4) is 0 Å². The highest BCUT2D eigenvalue weighted by molar-refractivity contribution is 5.28. The summed E-state index contributed by atoms with van der Waals surface area (Å²) in [6.07, 6.45) is 1.15. The minimum Gasteiger partial charge on any atom is -0.481 e. The monoisotopic (exact) mass is 190 g/mol. The predicted molar refractivity (Wildman–Crippen MR) is 44.7 cm³/mol. The van der Waals surface area contributed by atoms with Gasteiger partial charge in [-0.1, -0.05) is 0 Å². The summed E-state index contributed by atoms with van der Waals surface area (Å²) in [5.41, 5.74) is -0.0363. The summed E-state index contributed by atoms with van der Waals surface area (Å²) in [5, 5.41) is 10.1. The van der Waals surface area contributed by atoms with Crippen molar-refractivity contribution in [3.8, 4) is 5.88 Å². The summed E-state index contributed by atoms with van der Waals surface area (Å²) in [7, 11) is 1.45. The van der Waals surface area contributed by atoms with Crippen molar-refractivity contribution in [2.75, 3.05) is 7.11 Å². The molecule has 4 N–H and O–H groups in total. The molecule has 0 aliphatic rings. The van der Waals surface area contributed by atoms with Crippen LogP contribution in [0.2, 0.25) is 0 Å². The summed E-state index contributed by atoms with van der Waals surface area (Å²) < 4.78 is 4.72. The Labute approximate surface area is 73.7 Å². The highest BCUT2D eigenvalue weighted by Gasteiger charge is 2.03. The Kier molecular flexibility index (Phi) is 6.24. The number of pyridine rings is 1. The molecular weight excluding hydrogens is 180 g/mol. The van der Waals surface area contributed by atoms with Crippen LogP contribution in [0.15, 0.2) is 18.3 Å². The maximum absolute atomic E-state index is 10.1. The van der Waals surface area contributed by atoms with Gasteiger partial charge in [-0.3, -0.25) is 10.1 Å². The highest BCUT2D eigenvalue weighted by Crippen LogP contribution is 2.12. The van der Waals surface area contributed by atoms with Gasteiger partial charge in [0, 0.05) is 12.1 Å². The lowest BCUT2D eigenvalue weighted by atomic mass is 10.4. The van der Waals surface area contributed by atoms with Crippen molar-refractivity contribution in [2.24, 2.45) is 0 Å². The Bertz CT molecular complexity index is 260. The van der Waals surface area contributed by atoms with E-state index in [1.807, 2.05) is 0 Å². The fraction of sp³-hybridized carbons (Fsp3) is 0.167. The van der Waals surface area contributed by atoms with E-state index in [1.165, 1.54) is 19.2 Å². The number of nitrogens with zero attached hydrogens (tertiary/aromatic N) is 2. The van der Waals surface area contributed by atoms with E-state index in [9.17, 15) is 10.1 Å². The van der Waals surface area contributed by atoms with Crippen LogP contribution >= 0.6 is 0 Å². The molecule has 0 fully saturated rings. The number of nitro groups is 1. The molecule has 13 heavy (non-hydrogen) atoms. The van der Waals surface area contributed by atoms with Crippen LogP contribution in [0.25, 0.3) is 0 Å². The highest BCUT2D eigenvalue weighted by atomic mass is 16.6. The van der Waals surface area contributed by atoms with E-state index in [0.717, 1.165) is 6.20 Å². The first-order valence-corrected chi connectivity index (χ1v) is 2.88. The summed E-state index contributed by atoms with van der Waals surface area (Å²) in [5.74, 6) is 0.371. The molecule has 1 aromatic rings. The molecule has 0 amide bonds. The average molecular weight is 190 g/mol. The van der Waals surface area contributed by atoms with Crippen LogP contribution in [-0.4, -0.2) is 28.0 Å². The van der Waals surface area contributed by atoms with Crippen molar-refractivity contribution in [1.82, 2.24) is 4.98 Å². The third kappa shape index (κ3) is 3.45. The summed E-state index contributed by atoms with van der Waals surface area (Å²) in [6.45, 7) is 0. The largest absolute Gasteiger partial charge is 0.481 e. The molecule has 0 radical (unpaired) electrons. The zero-order valence-electron chi connectivity index (χ0n) is 6.85. The second-order valence-corrected chi connectivity index (χ2v) is 1.82. The van der Waals surface area contributed by atoms with E-state index in [4.69, 9.17) is 4.74 Å². The molecular formula is C6H10N2O5. The molecule has 0 aliphatic carbocycles. The van der Waals surface area contributed by atoms with E-state index >= 15 is 0 Å². The van der Waals surface area contributed by atoms with Crippen molar-refractivity contribution >= 4 is 5.69 Å². The van der Waals surface area contributed by atoms with E-state index < -0.39 is 4.92 Å². The molecule has 0 saturated carbocycles. The van der Waals surface area contributed by atoms with E-state index in [-0.39, 0.29) is 16.6 Å². The number of aromatic nitrogens is 1. The van der Waals surface area contributed by atoms with Crippen LogP contribution in [0.5, 0.6) is 5.88 Å². The van der Waals surface area contributed by atoms with Crippen molar-refractivity contribution in [3.63, 3.8) is 0 Å². The fourth-order valence-electron chi connectivity index (χ4n) is 0.601. The van der Waals surface area contributed by atoms with Gasteiger partial charge in [0.15, 0.2) is 0 Å². The van der Waals surface area contributed by atoms with Crippen LogP contribution in [0, 0.1) is 10.1 Å². The van der Waals surface area contributed by atoms with Crippen LogP contribution < -0.4 is 4.74 Å². The summed E-state index contributed by atoms with van der Waals surface area (Å²) >= 11 is 0. The Morgan fingerprint density at radius 3 is 2.38 bits per heavy atom. The molecule has 7 heteroatoms. The molecule has 0 saturated heterocycles. The second-order valence-electron chi connectivity index (χ2n) is 1.82. The Hall–Kier alpha value is -1.73. The number of ether oxygens (including phenoxy) is 1. The van der Waals surface area contributed by atoms with Crippen molar-refractivity contribution in [1.29, 1.82) is 0 Å². The molecule has 0 aromatic carbocycles. The smallest absolute Gasteiger partial charge is 0.287 e. The molecule has 1 rings (SSSR count). The molecule has 1 heterocycles. The minimum absolute atomic E-state index is 0. The minimum atomic E-state index is -0.508. The van der Waals surface area contributed by atoms with Gasteiger partial charge in [0.1, 0.15) is 6.20 Å². The number of rotatable bonds is 2. The summed E-state index contributed by atoms with van der Waals surface area (Å²) in [4.78, 5) is 13.3. The first-order chi connectivity index (χ1) is 5.24. The zero-order valence-corrected chi connectivity index (χ0v) is 6.85. The molecule has 0 bridgehead atoms. The predicted octanol–water partition coefficient (Wildman–Crippen LogP) is -0.651. The quantitative estimate of drug-likeness (QED) is 0.453. The van der Waals surface area contributed by atoms with Crippen LogP contribution in [0.4, 0.5) is 5.69 Å². The van der Waals surface area contributed by atoms with Gasteiger partial charge in [-0.15, -0.1) is 0 Å². The lowest BCUT2D eigenvalue weighted by Gasteiger charge is -1.94. The molecule has 0 aliphatic heterocycles. The van der Waals surface area contributed by atoms with Gasteiger partial charge in [0.2, 0.25) is 5.88 Å². The van der Waals surface area contributed by atoms with Crippen molar-refractivity contribution in [2.45, 2.75) is 0 Å². The van der Waals surface area contributed by atoms with Crippen molar-refractivity contribution < 1.29 is 20.6 Å². The molecule has 0 spiro atoms. The van der Waals surface area contributed by atoms with Crippen LogP contribution in [-0.2, 0) is 0 Å². The van der Waals surface area contributed by atoms with Crippen molar-refractivity contribution in [3.05, 3.63) is 28.4 Å². The van der Waals surface area contributed by atoms with Crippen LogP contribution in [0.1, 0.15) is 0 Å². The number of hydrogen-bond donors (Lipinski definition) is 0. The molecule has 74 valence electrons. The third-order valence-electron chi connectivity index (χ3n) is 1.14. The van der Waals surface area contributed by atoms with Gasteiger partial charge < -0.3 is 15.7 Å². The van der Waals surface area contributed by atoms with Gasteiger partial charge in [-0.2, -0.15) is 0 Å². The van der Waals surface area contributed by atoms with E-state index in [0.29, 0.717) is 5.88 Å². The Morgan fingerprint density at radius 2 is 2.08 bits per heavy atom. The second kappa shape index (κ2) is 5.86. The Balaban J connectivity index is 0. The first-order valence-electron chi connectivity index (χ1n) is 2.88. The molecule has 0 atom stereocenters. The van der Waals surface area contributed by atoms with Gasteiger partial charge >= 0.3 is 0 Å². The SMILES string of the molecule is COc1ccc([N+](=O)[O-])cn1.O.O. The number of methoxy groups -OCH3 is 1. The topological polar surface area (TPSA) is 128 Å². The first kappa shape index (κ1) is 13.8. The van der Waals surface area contributed by atoms with Gasteiger partial charge in [0.05, 0.1) is 12.0 Å². The van der Waals surface area contributed by atoms with Gasteiger partial charge in [-0.25, -0.2) is 4.98 Å². The zero-order chi connectivity index (χ0) is 8.27. The molecule has 1 aromatic heterocycles. The van der Waals surface area contributed by atoms with Gasteiger partial charge in [-0.05, 0) is 0 Å². The molecule has 7 nitrogen and oxygen atoms in total. The molecule has 0 unspecified atom stereocenters. The maximum Gasteiger partial charge on any atom is 0.287 e. The van der Waals surface area contributed by atoms with Gasteiger partial charge in [0.25, 0.3) is 5.69 Å². The number of hydrogen-bond acceptors (Lipinski definition) is 4. The maximum atomic E-state index is 10.1. The van der Waals surface area contributed by atoms with E-state index in [2.05, 4.69) is 4.98 Å². The standard InChI is InChI=1S/C6H6N2O3.2H2O/c1-11-6-3-2-5(4-7-6)8(9)10;;/h2-4H,1H3;2*1H2. The third-order valence-corrected chi connectivity index (χ3v) is 1.14. The lowest BCUT2D eigenvalue weighted by Crippen LogP contribution is -1.90. The Morgan fingerprint density at radius 1 is 1.46 bits per heavy atom. The lowest BCUT2D eigenvalue weighted by molar-refractivity contribution is -0.385.